The summed E-state index contributed by atoms with van der Waals surface area (Å²) in [5.41, 5.74) is 4.36. The third-order valence-corrected chi connectivity index (χ3v) is 3.88. The van der Waals surface area contributed by atoms with Crippen molar-refractivity contribution in [1.82, 2.24) is 9.97 Å². The number of hydrazine groups is 1. The number of anilines is 3. The summed E-state index contributed by atoms with van der Waals surface area (Å²) in [5.74, 6) is 7.64. The summed E-state index contributed by atoms with van der Waals surface area (Å²) in [7, 11) is 0. The standard InChI is InChI=1S/C14H17BrClN5/c1-3-4-12-19-13(8(2)14(20-12)21-17)18-11-6-5-9(16)7-10(11)15/h5-7H,3-4,17H2,1-2H3,(H2,18,19,20,21). The fourth-order valence-corrected chi connectivity index (χ4v) is 2.66. The van der Waals surface area contributed by atoms with Crippen molar-refractivity contribution in [3.63, 3.8) is 0 Å². The van der Waals surface area contributed by atoms with Crippen LogP contribution in [0, 0.1) is 6.92 Å². The summed E-state index contributed by atoms with van der Waals surface area (Å²) >= 11 is 9.44. The first-order chi connectivity index (χ1) is 10.0. The maximum absolute atomic E-state index is 5.96. The quantitative estimate of drug-likeness (QED) is 0.543. The lowest BCUT2D eigenvalue weighted by molar-refractivity contribution is 0.833. The van der Waals surface area contributed by atoms with Gasteiger partial charge in [-0.05, 0) is 47.5 Å². The maximum Gasteiger partial charge on any atom is 0.148 e. The number of nitrogens with zero attached hydrogens (tertiary/aromatic N) is 2. The monoisotopic (exact) mass is 369 g/mol. The van der Waals surface area contributed by atoms with Gasteiger partial charge >= 0.3 is 0 Å². The molecule has 0 aliphatic carbocycles. The Kier molecular flexibility index (Phi) is 5.39. The number of halogens is 2. The van der Waals surface area contributed by atoms with E-state index in [1.807, 2.05) is 25.1 Å². The molecular weight excluding hydrogens is 354 g/mol. The Morgan fingerprint density at radius 3 is 2.62 bits per heavy atom. The SMILES string of the molecule is CCCc1nc(NN)c(C)c(Nc2ccc(Cl)cc2Br)n1. The first kappa shape index (κ1) is 16.0. The van der Waals surface area contributed by atoms with Crippen LogP contribution < -0.4 is 16.6 Å². The molecule has 1 heterocycles. The van der Waals surface area contributed by atoms with E-state index in [1.165, 1.54) is 0 Å². The number of nitrogens with one attached hydrogen (secondary N) is 2. The number of rotatable bonds is 5. The van der Waals surface area contributed by atoms with Crippen LogP contribution in [0.4, 0.5) is 17.3 Å². The molecule has 2 aromatic rings. The fraction of sp³-hybridized carbons (Fsp3) is 0.286. The number of aromatic nitrogens is 2. The smallest absolute Gasteiger partial charge is 0.148 e. The minimum absolute atomic E-state index is 0.626. The van der Waals surface area contributed by atoms with E-state index in [2.05, 4.69) is 43.6 Å². The second-order valence-electron chi connectivity index (χ2n) is 4.61. The predicted molar refractivity (Wildman–Crippen MR) is 91.0 cm³/mol. The molecule has 0 radical (unpaired) electrons. The zero-order valence-electron chi connectivity index (χ0n) is 11.9. The first-order valence-electron chi connectivity index (χ1n) is 6.61. The number of nitrogen functional groups attached to an aromatic ring is 1. The van der Waals surface area contributed by atoms with Crippen LogP contribution in [0.2, 0.25) is 5.02 Å². The first-order valence-corrected chi connectivity index (χ1v) is 7.78. The van der Waals surface area contributed by atoms with Crippen molar-refractivity contribution < 1.29 is 0 Å². The highest BCUT2D eigenvalue weighted by molar-refractivity contribution is 9.10. The van der Waals surface area contributed by atoms with Crippen molar-refractivity contribution in [3.8, 4) is 0 Å². The van der Waals surface area contributed by atoms with Crippen LogP contribution in [0.3, 0.4) is 0 Å². The summed E-state index contributed by atoms with van der Waals surface area (Å²) in [6, 6.07) is 5.54. The van der Waals surface area contributed by atoms with Crippen molar-refractivity contribution in [2.45, 2.75) is 26.7 Å². The van der Waals surface area contributed by atoms with Gasteiger partial charge in [0.15, 0.2) is 0 Å². The zero-order valence-corrected chi connectivity index (χ0v) is 14.2. The summed E-state index contributed by atoms with van der Waals surface area (Å²) < 4.78 is 0.868. The molecule has 0 unspecified atom stereocenters. The van der Waals surface area contributed by atoms with E-state index in [0.717, 1.165) is 40.2 Å². The van der Waals surface area contributed by atoms with Gasteiger partial charge in [-0.2, -0.15) is 0 Å². The molecule has 2 rings (SSSR count). The van der Waals surface area contributed by atoms with Gasteiger partial charge in [0.05, 0.1) is 5.69 Å². The molecule has 0 atom stereocenters. The molecule has 112 valence electrons. The number of hydrogen-bond acceptors (Lipinski definition) is 5. The fourth-order valence-electron chi connectivity index (χ4n) is 1.88. The Balaban J connectivity index is 2.40. The number of nitrogens with two attached hydrogens (primary N) is 1. The van der Waals surface area contributed by atoms with Crippen molar-refractivity contribution in [2.24, 2.45) is 5.84 Å². The molecule has 4 N–H and O–H groups in total. The molecule has 1 aromatic heterocycles. The van der Waals surface area contributed by atoms with Gasteiger partial charge in [0, 0.05) is 21.5 Å². The Labute approximate surface area is 137 Å². The zero-order chi connectivity index (χ0) is 15.4. The molecule has 0 spiro atoms. The molecule has 7 heteroatoms. The summed E-state index contributed by atoms with van der Waals surface area (Å²) in [4.78, 5) is 8.96. The lowest BCUT2D eigenvalue weighted by Crippen LogP contribution is -2.14. The molecule has 0 saturated carbocycles. The number of hydrogen-bond donors (Lipinski definition) is 3. The highest BCUT2D eigenvalue weighted by atomic mass is 79.9. The normalized spacial score (nSPS) is 10.5. The van der Waals surface area contributed by atoms with Crippen molar-refractivity contribution in [1.29, 1.82) is 0 Å². The summed E-state index contributed by atoms with van der Waals surface area (Å²) in [6.07, 6.45) is 1.77. The van der Waals surface area contributed by atoms with E-state index < -0.39 is 0 Å². The molecule has 1 aromatic carbocycles. The van der Waals surface area contributed by atoms with E-state index in [4.69, 9.17) is 17.4 Å². The van der Waals surface area contributed by atoms with E-state index in [1.54, 1.807) is 0 Å². The summed E-state index contributed by atoms with van der Waals surface area (Å²) in [5, 5.41) is 3.96. The highest BCUT2D eigenvalue weighted by Crippen LogP contribution is 2.30. The third-order valence-electron chi connectivity index (χ3n) is 2.99. The van der Waals surface area contributed by atoms with Crippen LogP contribution in [-0.2, 0) is 6.42 Å². The molecule has 0 fully saturated rings. The van der Waals surface area contributed by atoms with Crippen LogP contribution in [0.1, 0.15) is 24.7 Å². The maximum atomic E-state index is 5.96. The van der Waals surface area contributed by atoms with Crippen LogP contribution in [0.15, 0.2) is 22.7 Å². The Morgan fingerprint density at radius 2 is 2.00 bits per heavy atom. The van der Waals surface area contributed by atoms with Crippen LogP contribution in [0.5, 0.6) is 0 Å². The Bertz CT molecular complexity index is 648. The van der Waals surface area contributed by atoms with Gasteiger partial charge in [0.1, 0.15) is 17.5 Å². The van der Waals surface area contributed by atoms with E-state index in [-0.39, 0.29) is 0 Å². The molecule has 0 aliphatic rings. The average molecular weight is 371 g/mol. The van der Waals surface area contributed by atoms with Gasteiger partial charge in [-0.1, -0.05) is 18.5 Å². The van der Waals surface area contributed by atoms with Gasteiger partial charge in [0.25, 0.3) is 0 Å². The van der Waals surface area contributed by atoms with Gasteiger partial charge < -0.3 is 10.7 Å². The van der Waals surface area contributed by atoms with E-state index in [9.17, 15) is 0 Å². The topological polar surface area (TPSA) is 75.9 Å². The molecule has 0 bridgehead atoms. The number of benzene rings is 1. The molecule has 0 aliphatic heterocycles. The highest BCUT2D eigenvalue weighted by Gasteiger charge is 2.11. The lowest BCUT2D eigenvalue weighted by atomic mass is 10.2. The Morgan fingerprint density at radius 1 is 1.29 bits per heavy atom. The predicted octanol–water partition coefficient (Wildman–Crippen LogP) is 4.18. The van der Waals surface area contributed by atoms with Gasteiger partial charge in [-0.25, -0.2) is 15.8 Å². The molecular formula is C14H17BrClN5. The van der Waals surface area contributed by atoms with Crippen molar-refractivity contribution in [3.05, 3.63) is 39.1 Å². The van der Waals surface area contributed by atoms with Crippen molar-refractivity contribution >= 4 is 44.9 Å². The van der Waals surface area contributed by atoms with E-state index in [0.29, 0.717) is 10.8 Å². The van der Waals surface area contributed by atoms with Gasteiger partial charge in [-0.15, -0.1) is 0 Å². The minimum atomic E-state index is 0.626. The van der Waals surface area contributed by atoms with Gasteiger partial charge in [0.2, 0.25) is 0 Å². The second kappa shape index (κ2) is 7.06. The molecule has 21 heavy (non-hydrogen) atoms. The largest absolute Gasteiger partial charge is 0.339 e. The van der Waals surface area contributed by atoms with Crippen molar-refractivity contribution in [2.75, 3.05) is 10.7 Å². The van der Waals surface area contributed by atoms with E-state index >= 15 is 0 Å². The van der Waals surface area contributed by atoms with Crippen LogP contribution in [0.25, 0.3) is 0 Å². The molecule has 0 amide bonds. The van der Waals surface area contributed by atoms with Crippen LogP contribution in [-0.4, -0.2) is 9.97 Å². The minimum Gasteiger partial charge on any atom is -0.339 e. The second-order valence-corrected chi connectivity index (χ2v) is 5.90. The number of aryl methyl sites for hydroxylation is 1. The third kappa shape index (κ3) is 3.84. The van der Waals surface area contributed by atoms with Gasteiger partial charge in [-0.3, -0.25) is 0 Å². The van der Waals surface area contributed by atoms with Crippen LogP contribution >= 0.6 is 27.5 Å². The Hall–Kier alpha value is -1.37. The molecule has 5 nitrogen and oxygen atoms in total. The average Bonchev–Trinajstić information content (AvgIpc) is 2.45. The lowest BCUT2D eigenvalue weighted by Gasteiger charge is -2.14. The molecule has 0 saturated heterocycles. The summed E-state index contributed by atoms with van der Waals surface area (Å²) in [6.45, 7) is 4.00.